The zero-order chi connectivity index (χ0) is 17.1. The van der Waals surface area contributed by atoms with Crippen LogP contribution in [0.15, 0.2) is 31.8 Å². The Morgan fingerprint density at radius 2 is 2.17 bits per heavy atom. The fourth-order valence-electron chi connectivity index (χ4n) is 2.18. The van der Waals surface area contributed by atoms with Gasteiger partial charge in [-0.3, -0.25) is 0 Å². The number of halogens is 1. The van der Waals surface area contributed by atoms with Gasteiger partial charge in [-0.25, -0.2) is 4.79 Å². The summed E-state index contributed by atoms with van der Waals surface area (Å²) in [6, 6.07) is 5.16. The van der Waals surface area contributed by atoms with Crippen molar-refractivity contribution in [3.05, 3.63) is 44.8 Å². The summed E-state index contributed by atoms with van der Waals surface area (Å²) < 4.78 is 6.13. The maximum Gasteiger partial charge on any atom is 0.336 e. The van der Waals surface area contributed by atoms with Gasteiger partial charge < -0.3 is 9.73 Å². The van der Waals surface area contributed by atoms with E-state index in [1.165, 1.54) is 17.4 Å². The minimum atomic E-state index is -0.359. The molecule has 24 heavy (non-hydrogen) atoms. The Kier molecular flexibility index (Phi) is 5.43. The van der Waals surface area contributed by atoms with Gasteiger partial charge >= 0.3 is 5.63 Å². The number of rotatable bonds is 6. The van der Waals surface area contributed by atoms with Crippen LogP contribution in [0.5, 0.6) is 0 Å². The standard InChI is InChI=1S/C16H16ClN3O2S2/c1-3-4-18-15-19-20-16(24-15)23-8-10-6-14(21)22-13-5-9(2)12(17)7-11(10)13/h5-7H,3-4,8H2,1-2H3,(H,18,19). The number of nitrogens with one attached hydrogen (secondary N) is 1. The Labute approximate surface area is 152 Å². The van der Waals surface area contributed by atoms with Gasteiger partial charge in [0.15, 0.2) is 4.34 Å². The van der Waals surface area contributed by atoms with Crippen molar-refractivity contribution in [3.63, 3.8) is 0 Å². The van der Waals surface area contributed by atoms with Crippen molar-refractivity contribution in [2.24, 2.45) is 0 Å². The van der Waals surface area contributed by atoms with Gasteiger partial charge in [-0.1, -0.05) is 41.6 Å². The fraction of sp³-hybridized carbons (Fsp3) is 0.312. The first-order chi connectivity index (χ1) is 11.6. The Morgan fingerprint density at radius 3 is 2.96 bits per heavy atom. The van der Waals surface area contributed by atoms with Crippen molar-refractivity contribution in [1.82, 2.24) is 10.2 Å². The fourth-order valence-corrected chi connectivity index (χ4v) is 4.11. The van der Waals surface area contributed by atoms with Crippen LogP contribution >= 0.6 is 34.7 Å². The highest BCUT2D eigenvalue weighted by Crippen LogP contribution is 2.31. The molecule has 8 heteroatoms. The molecule has 2 heterocycles. The van der Waals surface area contributed by atoms with Crippen molar-refractivity contribution >= 4 is 50.8 Å². The number of fused-ring (bicyclic) bond motifs is 1. The highest BCUT2D eigenvalue weighted by Gasteiger charge is 2.11. The molecule has 0 aliphatic heterocycles. The van der Waals surface area contributed by atoms with Crippen LogP contribution in [0.2, 0.25) is 5.02 Å². The molecule has 0 fully saturated rings. The smallest absolute Gasteiger partial charge is 0.336 e. The second-order valence-electron chi connectivity index (χ2n) is 5.28. The van der Waals surface area contributed by atoms with Crippen LogP contribution in [0.3, 0.4) is 0 Å². The molecule has 0 unspecified atom stereocenters. The van der Waals surface area contributed by atoms with E-state index in [9.17, 15) is 4.79 Å². The van der Waals surface area contributed by atoms with Gasteiger partial charge in [0, 0.05) is 28.8 Å². The van der Waals surface area contributed by atoms with E-state index in [4.69, 9.17) is 16.0 Å². The molecule has 0 saturated heterocycles. The van der Waals surface area contributed by atoms with E-state index in [0.29, 0.717) is 16.4 Å². The molecule has 0 atom stereocenters. The topological polar surface area (TPSA) is 68.0 Å². The monoisotopic (exact) mass is 381 g/mol. The zero-order valence-electron chi connectivity index (χ0n) is 13.3. The van der Waals surface area contributed by atoms with E-state index in [1.807, 2.05) is 13.0 Å². The van der Waals surface area contributed by atoms with Crippen molar-refractivity contribution in [2.45, 2.75) is 30.4 Å². The lowest BCUT2D eigenvalue weighted by Gasteiger charge is -2.06. The lowest BCUT2D eigenvalue weighted by atomic mass is 10.1. The lowest BCUT2D eigenvalue weighted by Crippen LogP contribution is -2.00. The number of hydrogen-bond acceptors (Lipinski definition) is 7. The van der Waals surface area contributed by atoms with Gasteiger partial charge in [0.05, 0.1) is 0 Å². The molecule has 1 aromatic carbocycles. The molecular weight excluding hydrogens is 366 g/mol. The van der Waals surface area contributed by atoms with E-state index in [0.717, 1.165) is 38.9 Å². The Bertz CT molecular complexity index is 923. The van der Waals surface area contributed by atoms with Gasteiger partial charge in [-0.15, -0.1) is 10.2 Å². The Morgan fingerprint density at radius 1 is 1.33 bits per heavy atom. The van der Waals surface area contributed by atoms with Gasteiger partial charge in [0.2, 0.25) is 5.13 Å². The first-order valence-electron chi connectivity index (χ1n) is 7.50. The Balaban J connectivity index is 1.83. The average Bonchev–Trinajstić information content (AvgIpc) is 3.00. The third kappa shape index (κ3) is 3.91. The summed E-state index contributed by atoms with van der Waals surface area (Å²) in [5, 5.41) is 13.8. The number of aryl methyl sites for hydroxylation is 1. The minimum Gasteiger partial charge on any atom is -0.423 e. The summed E-state index contributed by atoms with van der Waals surface area (Å²) in [5.74, 6) is 0.601. The van der Waals surface area contributed by atoms with Crippen molar-refractivity contribution in [3.8, 4) is 0 Å². The number of aromatic nitrogens is 2. The van der Waals surface area contributed by atoms with Crippen LogP contribution < -0.4 is 10.9 Å². The normalized spacial score (nSPS) is 11.1. The maximum absolute atomic E-state index is 11.8. The summed E-state index contributed by atoms with van der Waals surface area (Å²) >= 11 is 9.27. The summed E-state index contributed by atoms with van der Waals surface area (Å²) in [6.07, 6.45) is 1.04. The molecule has 1 N–H and O–H groups in total. The highest BCUT2D eigenvalue weighted by atomic mass is 35.5. The highest BCUT2D eigenvalue weighted by molar-refractivity contribution is 8.00. The van der Waals surface area contributed by atoms with Crippen molar-refractivity contribution in [1.29, 1.82) is 0 Å². The van der Waals surface area contributed by atoms with Crippen LogP contribution in [-0.4, -0.2) is 16.7 Å². The van der Waals surface area contributed by atoms with Crippen LogP contribution in [0.4, 0.5) is 5.13 Å². The number of benzene rings is 1. The quantitative estimate of drug-likeness (QED) is 0.492. The third-order valence-corrected chi connectivity index (χ3v) is 5.86. The minimum absolute atomic E-state index is 0.359. The molecule has 0 spiro atoms. The molecule has 0 radical (unpaired) electrons. The summed E-state index contributed by atoms with van der Waals surface area (Å²) in [7, 11) is 0. The second kappa shape index (κ2) is 7.55. The predicted molar refractivity (Wildman–Crippen MR) is 100 cm³/mol. The second-order valence-corrected chi connectivity index (χ2v) is 7.88. The third-order valence-electron chi connectivity index (χ3n) is 3.39. The maximum atomic E-state index is 11.8. The van der Waals surface area contributed by atoms with Crippen LogP contribution in [-0.2, 0) is 5.75 Å². The van der Waals surface area contributed by atoms with E-state index in [-0.39, 0.29) is 5.63 Å². The molecule has 5 nitrogen and oxygen atoms in total. The first kappa shape index (κ1) is 17.3. The molecule has 0 saturated carbocycles. The number of hydrogen-bond donors (Lipinski definition) is 1. The van der Waals surface area contributed by atoms with Gasteiger partial charge in [-0.2, -0.15) is 0 Å². The summed E-state index contributed by atoms with van der Waals surface area (Å²) in [6.45, 7) is 4.86. The van der Waals surface area contributed by atoms with E-state index in [1.54, 1.807) is 17.8 Å². The molecule has 126 valence electrons. The molecule has 0 aliphatic rings. The van der Waals surface area contributed by atoms with Crippen LogP contribution in [0.25, 0.3) is 11.0 Å². The summed E-state index contributed by atoms with van der Waals surface area (Å²) in [5.41, 5.74) is 1.96. The van der Waals surface area contributed by atoms with Crippen molar-refractivity contribution < 1.29 is 4.42 Å². The SMILES string of the molecule is CCCNc1nnc(SCc2cc(=O)oc3cc(C)c(Cl)cc23)s1. The van der Waals surface area contributed by atoms with E-state index >= 15 is 0 Å². The lowest BCUT2D eigenvalue weighted by molar-refractivity contribution is 0.559. The number of nitrogens with zero attached hydrogens (tertiary/aromatic N) is 2. The number of anilines is 1. The Hall–Kier alpha value is -1.57. The number of thioether (sulfide) groups is 1. The van der Waals surface area contributed by atoms with Crippen LogP contribution in [0, 0.1) is 6.92 Å². The molecule has 2 aromatic heterocycles. The molecule has 0 bridgehead atoms. The predicted octanol–water partition coefficient (Wildman–Crippen LogP) is 4.72. The van der Waals surface area contributed by atoms with Crippen molar-refractivity contribution in [2.75, 3.05) is 11.9 Å². The first-order valence-corrected chi connectivity index (χ1v) is 9.68. The van der Waals surface area contributed by atoms with Gasteiger partial charge in [0.25, 0.3) is 0 Å². The van der Waals surface area contributed by atoms with Gasteiger partial charge in [0.1, 0.15) is 5.58 Å². The molecule has 0 amide bonds. The average molecular weight is 382 g/mol. The molecular formula is C16H16ClN3O2S2. The molecule has 3 rings (SSSR count). The van der Waals surface area contributed by atoms with E-state index in [2.05, 4.69) is 22.4 Å². The van der Waals surface area contributed by atoms with Gasteiger partial charge in [-0.05, 0) is 36.6 Å². The zero-order valence-corrected chi connectivity index (χ0v) is 15.6. The van der Waals surface area contributed by atoms with Crippen LogP contribution in [0.1, 0.15) is 24.5 Å². The molecule has 0 aliphatic carbocycles. The van der Waals surface area contributed by atoms with E-state index < -0.39 is 0 Å². The largest absolute Gasteiger partial charge is 0.423 e. The summed E-state index contributed by atoms with van der Waals surface area (Å²) in [4.78, 5) is 11.8. The molecule has 3 aromatic rings.